The molecular formula is C17H28N2O3S. The van der Waals surface area contributed by atoms with Gasteiger partial charge in [-0.25, -0.2) is 8.42 Å². The van der Waals surface area contributed by atoms with E-state index in [1.165, 1.54) is 6.26 Å². The molecule has 0 fully saturated rings. The Hall–Kier alpha value is -1.56. The molecular weight excluding hydrogens is 312 g/mol. The van der Waals surface area contributed by atoms with Crippen LogP contribution in [0.25, 0.3) is 0 Å². The molecule has 1 aromatic carbocycles. The topological polar surface area (TPSA) is 75.3 Å². The largest absolute Gasteiger partial charge is 0.382 e. The fourth-order valence-electron chi connectivity index (χ4n) is 2.25. The number of amides is 1. The van der Waals surface area contributed by atoms with E-state index in [1.807, 2.05) is 19.1 Å². The van der Waals surface area contributed by atoms with Crippen molar-refractivity contribution >= 4 is 21.4 Å². The van der Waals surface area contributed by atoms with Crippen LogP contribution in [0.2, 0.25) is 0 Å². The summed E-state index contributed by atoms with van der Waals surface area (Å²) in [6, 6.07) is 5.39. The number of anilines is 1. The smallest absolute Gasteiger partial charge is 0.251 e. The summed E-state index contributed by atoms with van der Waals surface area (Å²) in [6.45, 7) is 9.96. The van der Waals surface area contributed by atoms with Crippen LogP contribution in [0.4, 0.5) is 5.69 Å². The van der Waals surface area contributed by atoms with Crippen molar-refractivity contribution in [2.45, 2.75) is 46.7 Å². The molecule has 130 valence electrons. The number of hydrogen-bond donors (Lipinski definition) is 2. The molecule has 0 bridgehead atoms. The average molecular weight is 340 g/mol. The fraction of sp³-hybridized carbons (Fsp3) is 0.588. The van der Waals surface area contributed by atoms with E-state index >= 15 is 0 Å². The highest BCUT2D eigenvalue weighted by atomic mass is 32.2. The molecule has 0 spiro atoms. The Kier molecular flexibility index (Phi) is 6.62. The van der Waals surface area contributed by atoms with Gasteiger partial charge < -0.3 is 10.6 Å². The van der Waals surface area contributed by atoms with Crippen LogP contribution in [0.15, 0.2) is 18.2 Å². The van der Waals surface area contributed by atoms with Crippen molar-refractivity contribution in [3.63, 3.8) is 0 Å². The van der Waals surface area contributed by atoms with Gasteiger partial charge in [-0.3, -0.25) is 4.79 Å². The zero-order valence-electron chi connectivity index (χ0n) is 14.8. The van der Waals surface area contributed by atoms with Crippen molar-refractivity contribution in [3.05, 3.63) is 29.3 Å². The van der Waals surface area contributed by atoms with E-state index in [4.69, 9.17) is 0 Å². The zero-order valence-corrected chi connectivity index (χ0v) is 15.6. The van der Waals surface area contributed by atoms with E-state index < -0.39 is 15.9 Å². The lowest BCUT2D eigenvalue weighted by atomic mass is 10.0. The summed E-state index contributed by atoms with van der Waals surface area (Å²) in [5, 5.41) is 6.17. The molecule has 0 saturated heterocycles. The molecule has 0 aromatic heterocycles. The SMILES string of the molecule is Cc1c(N[C@@H](C)C(C)C)cccc1C(=O)N[C@@H](C)CS(C)(=O)=O. The van der Waals surface area contributed by atoms with Gasteiger partial charge in [0, 0.05) is 29.6 Å². The average Bonchev–Trinajstić information content (AvgIpc) is 2.38. The monoisotopic (exact) mass is 340 g/mol. The molecule has 1 amide bonds. The number of nitrogens with one attached hydrogen (secondary N) is 2. The van der Waals surface area contributed by atoms with Crippen LogP contribution in [0.1, 0.15) is 43.6 Å². The molecule has 1 rings (SSSR count). The minimum absolute atomic E-state index is 0.0693. The Labute approximate surface area is 139 Å². The van der Waals surface area contributed by atoms with Crippen LogP contribution < -0.4 is 10.6 Å². The highest BCUT2D eigenvalue weighted by Crippen LogP contribution is 2.21. The molecule has 0 aliphatic rings. The van der Waals surface area contributed by atoms with Gasteiger partial charge in [0.2, 0.25) is 0 Å². The summed E-state index contributed by atoms with van der Waals surface area (Å²) in [4.78, 5) is 12.4. The highest BCUT2D eigenvalue weighted by Gasteiger charge is 2.17. The second-order valence-corrected chi connectivity index (χ2v) is 8.81. The lowest BCUT2D eigenvalue weighted by Crippen LogP contribution is -2.37. The van der Waals surface area contributed by atoms with Crippen LogP contribution in [-0.4, -0.2) is 38.4 Å². The molecule has 2 N–H and O–H groups in total. The molecule has 0 unspecified atom stereocenters. The molecule has 5 nitrogen and oxygen atoms in total. The Morgan fingerprint density at radius 1 is 1.17 bits per heavy atom. The third-order valence-corrected chi connectivity index (χ3v) is 5.00. The Balaban J connectivity index is 2.90. The van der Waals surface area contributed by atoms with Crippen molar-refractivity contribution in [2.75, 3.05) is 17.3 Å². The fourth-order valence-corrected chi connectivity index (χ4v) is 3.24. The summed E-state index contributed by atoms with van der Waals surface area (Å²) < 4.78 is 22.6. The van der Waals surface area contributed by atoms with Gasteiger partial charge in [0.25, 0.3) is 5.91 Å². The minimum Gasteiger partial charge on any atom is -0.382 e. The standard InChI is InChI=1S/C17H28N2O3S/c1-11(2)14(5)19-16-9-7-8-15(13(16)4)17(20)18-12(3)10-23(6,21)22/h7-9,11-12,14,19H,10H2,1-6H3,(H,18,20)/t12-,14-/m0/s1. The maximum absolute atomic E-state index is 12.4. The first-order valence-corrected chi connectivity index (χ1v) is 9.92. The normalized spacial score (nSPS) is 14.4. The summed E-state index contributed by atoms with van der Waals surface area (Å²) >= 11 is 0. The van der Waals surface area contributed by atoms with Crippen molar-refractivity contribution < 1.29 is 13.2 Å². The predicted octanol–water partition coefficient (Wildman–Crippen LogP) is 2.61. The molecule has 0 aliphatic carbocycles. The molecule has 2 atom stereocenters. The van der Waals surface area contributed by atoms with Crippen molar-refractivity contribution in [1.29, 1.82) is 0 Å². The maximum Gasteiger partial charge on any atom is 0.251 e. The molecule has 23 heavy (non-hydrogen) atoms. The third-order valence-electron chi connectivity index (χ3n) is 3.89. The molecule has 0 radical (unpaired) electrons. The van der Waals surface area contributed by atoms with Crippen molar-refractivity contribution in [2.24, 2.45) is 5.92 Å². The van der Waals surface area contributed by atoms with Crippen LogP contribution >= 0.6 is 0 Å². The molecule has 0 saturated carbocycles. The summed E-state index contributed by atoms with van der Waals surface area (Å²) in [5.41, 5.74) is 2.35. The first kappa shape index (κ1) is 19.5. The van der Waals surface area contributed by atoms with E-state index in [-0.39, 0.29) is 17.7 Å². The van der Waals surface area contributed by atoms with Gasteiger partial charge in [-0.15, -0.1) is 0 Å². The Morgan fingerprint density at radius 2 is 1.78 bits per heavy atom. The van der Waals surface area contributed by atoms with E-state index in [0.29, 0.717) is 11.5 Å². The van der Waals surface area contributed by atoms with E-state index in [2.05, 4.69) is 31.4 Å². The number of hydrogen-bond acceptors (Lipinski definition) is 4. The second kappa shape index (κ2) is 7.81. The van der Waals surface area contributed by atoms with E-state index in [0.717, 1.165) is 11.3 Å². The van der Waals surface area contributed by atoms with Crippen LogP contribution in [0.3, 0.4) is 0 Å². The van der Waals surface area contributed by atoms with E-state index in [1.54, 1.807) is 13.0 Å². The third kappa shape index (κ3) is 6.22. The highest BCUT2D eigenvalue weighted by molar-refractivity contribution is 7.90. The number of carbonyl (C=O) groups excluding carboxylic acids is 1. The lowest BCUT2D eigenvalue weighted by molar-refractivity contribution is 0.0943. The Bertz CT molecular complexity index is 654. The second-order valence-electron chi connectivity index (χ2n) is 6.62. The number of carbonyl (C=O) groups is 1. The van der Waals surface area contributed by atoms with Gasteiger partial charge in [0.05, 0.1) is 5.75 Å². The predicted molar refractivity (Wildman–Crippen MR) is 95.7 cm³/mol. The summed E-state index contributed by atoms with van der Waals surface area (Å²) in [6.07, 6.45) is 1.17. The molecule has 0 aliphatic heterocycles. The molecule has 1 aromatic rings. The van der Waals surface area contributed by atoms with Gasteiger partial charge in [0.15, 0.2) is 0 Å². The number of sulfone groups is 1. The first-order chi connectivity index (χ1) is 10.5. The van der Waals surface area contributed by atoms with Crippen molar-refractivity contribution in [3.8, 4) is 0 Å². The van der Waals surface area contributed by atoms with Gasteiger partial charge >= 0.3 is 0 Å². The van der Waals surface area contributed by atoms with Gasteiger partial charge in [0.1, 0.15) is 9.84 Å². The molecule has 0 heterocycles. The summed E-state index contributed by atoms with van der Waals surface area (Å²) in [5.74, 6) is 0.154. The zero-order chi connectivity index (χ0) is 17.8. The van der Waals surface area contributed by atoms with Gasteiger partial charge in [-0.2, -0.15) is 0 Å². The quantitative estimate of drug-likeness (QED) is 0.800. The van der Waals surface area contributed by atoms with Gasteiger partial charge in [-0.05, 0) is 44.4 Å². The van der Waals surface area contributed by atoms with E-state index in [9.17, 15) is 13.2 Å². The molecule has 6 heteroatoms. The van der Waals surface area contributed by atoms with Crippen LogP contribution in [0.5, 0.6) is 0 Å². The van der Waals surface area contributed by atoms with Crippen LogP contribution in [0, 0.1) is 12.8 Å². The minimum atomic E-state index is -3.12. The van der Waals surface area contributed by atoms with Gasteiger partial charge in [-0.1, -0.05) is 19.9 Å². The Morgan fingerprint density at radius 3 is 2.30 bits per heavy atom. The number of benzene rings is 1. The lowest BCUT2D eigenvalue weighted by Gasteiger charge is -2.21. The van der Waals surface area contributed by atoms with Crippen LogP contribution in [-0.2, 0) is 9.84 Å². The summed E-state index contributed by atoms with van der Waals surface area (Å²) in [7, 11) is -3.12. The van der Waals surface area contributed by atoms with Crippen molar-refractivity contribution in [1.82, 2.24) is 5.32 Å². The maximum atomic E-state index is 12.4. The first-order valence-electron chi connectivity index (χ1n) is 7.86. The number of rotatable bonds is 7.